The highest BCUT2D eigenvalue weighted by Crippen LogP contribution is 2.19. The molecule has 0 saturated carbocycles. The highest BCUT2D eigenvalue weighted by atomic mass is 35.5. The largest absolute Gasteiger partial charge is 0.377 e. The number of hydrogen-bond donors (Lipinski definition) is 2. The van der Waals surface area contributed by atoms with Gasteiger partial charge < -0.3 is 15.4 Å². The van der Waals surface area contributed by atoms with Crippen LogP contribution in [-0.4, -0.2) is 47.0 Å². The molecule has 0 saturated heterocycles. The number of aromatic nitrogens is 3. The zero-order valence-corrected chi connectivity index (χ0v) is 17.7. The van der Waals surface area contributed by atoms with E-state index in [0.717, 1.165) is 55.5 Å². The molecule has 1 unspecified atom stereocenters. The van der Waals surface area contributed by atoms with E-state index in [0.29, 0.717) is 23.2 Å². The third-order valence-corrected chi connectivity index (χ3v) is 4.89. The number of ether oxygens (including phenoxy) is 1. The summed E-state index contributed by atoms with van der Waals surface area (Å²) in [4.78, 5) is 9.22. The molecule has 28 heavy (non-hydrogen) atoms. The Morgan fingerprint density at radius 1 is 1.32 bits per heavy atom. The molecule has 152 valence electrons. The van der Waals surface area contributed by atoms with Crippen molar-refractivity contribution in [1.82, 2.24) is 25.4 Å². The molecule has 0 aliphatic carbocycles. The van der Waals surface area contributed by atoms with Crippen LogP contribution >= 0.6 is 23.2 Å². The monoisotopic (exact) mass is 424 g/mol. The molecular weight excluding hydrogens is 399 g/mol. The molecule has 2 aromatic rings. The van der Waals surface area contributed by atoms with Crippen LogP contribution in [0.3, 0.4) is 0 Å². The van der Waals surface area contributed by atoms with Gasteiger partial charge in [0.25, 0.3) is 0 Å². The van der Waals surface area contributed by atoms with Crippen LogP contribution in [0.5, 0.6) is 0 Å². The van der Waals surface area contributed by atoms with E-state index in [-0.39, 0.29) is 6.04 Å². The summed E-state index contributed by atoms with van der Waals surface area (Å²) in [7, 11) is 1.65. The number of nitrogens with one attached hydrogen (secondary N) is 2. The van der Waals surface area contributed by atoms with Crippen molar-refractivity contribution >= 4 is 29.2 Å². The van der Waals surface area contributed by atoms with Crippen molar-refractivity contribution in [2.75, 3.05) is 20.2 Å². The summed E-state index contributed by atoms with van der Waals surface area (Å²) in [5.74, 6) is 2.56. The van der Waals surface area contributed by atoms with Crippen LogP contribution in [0.4, 0.5) is 0 Å². The highest BCUT2D eigenvalue weighted by Gasteiger charge is 2.22. The molecule has 0 radical (unpaired) electrons. The lowest BCUT2D eigenvalue weighted by Crippen LogP contribution is -2.47. The summed E-state index contributed by atoms with van der Waals surface area (Å²) in [5.41, 5.74) is 1.08. The number of fused-ring (bicyclic) bond motifs is 1. The second-order valence-corrected chi connectivity index (χ2v) is 7.60. The lowest BCUT2D eigenvalue weighted by atomic mass is 10.1. The Kier molecular flexibility index (Phi) is 7.53. The fourth-order valence-electron chi connectivity index (χ4n) is 3.23. The molecule has 2 N–H and O–H groups in total. The molecule has 7 nitrogen and oxygen atoms in total. The maximum Gasteiger partial charge on any atom is 0.191 e. The lowest BCUT2D eigenvalue weighted by Gasteiger charge is -2.25. The molecule has 0 bridgehead atoms. The van der Waals surface area contributed by atoms with Gasteiger partial charge in [-0.1, -0.05) is 23.2 Å². The fourth-order valence-corrected chi connectivity index (χ4v) is 3.81. The Morgan fingerprint density at radius 3 is 2.82 bits per heavy atom. The van der Waals surface area contributed by atoms with Gasteiger partial charge in [0, 0.05) is 42.7 Å². The van der Waals surface area contributed by atoms with Gasteiger partial charge in [-0.2, -0.15) is 5.10 Å². The van der Waals surface area contributed by atoms with Crippen LogP contribution in [0.2, 0.25) is 10.0 Å². The van der Waals surface area contributed by atoms with Crippen LogP contribution in [0.25, 0.3) is 0 Å². The minimum Gasteiger partial charge on any atom is -0.377 e. The summed E-state index contributed by atoms with van der Waals surface area (Å²) < 4.78 is 7.09. The quantitative estimate of drug-likeness (QED) is 0.527. The first-order valence-corrected chi connectivity index (χ1v) is 10.2. The van der Waals surface area contributed by atoms with Gasteiger partial charge in [-0.3, -0.25) is 4.99 Å². The van der Waals surface area contributed by atoms with Gasteiger partial charge in [-0.15, -0.1) is 0 Å². The number of methoxy groups -OCH3 is 1. The van der Waals surface area contributed by atoms with Gasteiger partial charge in [0.05, 0.1) is 6.54 Å². The van der Waals surface area contributed by atoms with Crippen molar-refractivity contribution in [2.24, 2.45) is 4.99 Å². The minimum atomic E-state index is 0.253. The third-order valence-electron chi connectivity index (χ3n) is 4.45. The number of halogens is 2. The van der Waals surface area contributed by atoms with Gasteiger partial charge in [0.2, 0.25) is 0 Å². The van der Waals surface area contributed by atoms with Crippen molar-refractivity contribution in [3.05, 3.63) is 45.5 Å². The Labute approximate surface area is 175 Å². The van der Waals surface area contributed by atoms with Gasteiger partial charge in [0.15, 0.2) is 11.8 Å². The van der Waals surface area contributed by atoms with Crippen LogP contribution < -0.4 is 10.6 Å². The summed E-state index contributed by atoms with van der Waals surface area (Å²) in [6.45, 7) is 4.71. The molecule has 1 aliphatic heterocycles. The van der Waals surface area contributed by atoms with Crippen molar-refractivity contribution < 1.29 is 4.74 Å². The van der Waals surface area contributed by atoms with Crippen LogP contribution in [-0.2, 0) is 30.7 Å². The average molecular weight is 425 g/mol. The molecule has 0 fully saturated rings. The molecule has 2 heterocycles. The molecule has 0 spiro atoms. The SMILES string of the molecule is CCNC(=NCCc1cc(Cl)cc(Cl)c1)NC1CCc2nc(COC)nn2C1. The number of hydrogen-bond acceptors (Lipinski definition) is 4. The van der Waals surface area contributed by atoms with Crippen molar-refractivity contribution in [2.45, 2.75) is 45.4 Å². The first-order chi connectivity index (χ1) is 13.6. The summed E-state index contributed by atoms with van der Waals surface area (Å²) in [6.07, 6.45) is 2.64. The summed E-state index contributed by atoms with van der Waals surface area (Å²) in [5, 5.41) is 12.6. The maximum atomic E-state index is 6.07. The Morgan fingerprint density at radius 2 is 2.11 bits per heavy atom. The highest BCUT2D eigenvalue weighted by molar-refractivity contribution is 6.34. The number of benzene rings is 1. The summed E-state index contributed by atoms with van der Waals surface area (Å²) >= 11 is 12.1. The molecule has 1 aromatic heterocycles. The maximum absolute atomic E-state index is 6.07. The van der Waals surface area contributed by atoms with E-state index in [1.54, 1.807) is 13.2 Å². The Balaban J connectivity index is 1.58. The number of nitrogens with zero attached hydrogens (tertiary/aromatic N) is 4. The minimum absolute atomic E-state index is 0.253. The predicted molar refractivity (Wildman–Crippen MR) is 112 cm³/mol. The molecule has 1 aliphatic rings. The first-order valence-electron chi connectivity index (χ1n) is 9.48. The van der Waals surface area contributed by atoms with E-state index in [2.05, 4.69) is 27.6 Å². The zero-order valence-electron chi connectivity index (χ0n) is 16.2. The zero-order chi connectivity index (χ0) is 19.9. The molecule has 1 aromatic carbocycles. The van der Waals surface area contributed by atoms with E-state index in [4.69, 9.17) is 32.9 Å². The lowest BCUT2D eigenvalue weighted by molar-refractivity contribution is 0.177. The smallest absolute Gasteiger partial charge is 0.191 e. The molecular formula is C19H26Cl2N6O. The van der Waals surface area contributed by atoms with Gasteiger partial charge >= 0.3 is 0 Å². The number of aliphatic imine (C=N–C) groups is 1. The Hall–Kier alpha value is -1.83. The Bertz CT molecular complexity index is 803. The van der Waals surface area contributed by atoms with Gasteiger partial charge in [0.1, 0.15) is 12.4 Å². The summed E-state index contributed by atoms with van der Waals surface area (Å²) in [6, 6.07) is 5.84. The van der Waals surface area contributed by atoms with Crippen LogP contribution in [0.15, 0.2) is 23.2 Å². The van der Waals surface area contributed by atoms with E-state index in [1.165, 1.54) is 0 Å². The topological polar surface area (TPSA) is 76.4 Å². The van der Waals surface area contributed by atoms with E-state index < -0.39 is 0 Å². The standard InChI is InChI=1S/C19H26Cl2N6O/c1-3-22-19(23-7-6-13-8-14(20)10-15(21)9-13)24-16-4-5-18-25-17(12-28-2)26-27(18)11-16/h8-10,16H,3-7,11-12H2,1-2H3,(H2,22,23,24). The van der Waals surface area contributed by atoms with Gasteiger partial charge in [-0.05, 0) is 43.5 Å². The van der Waals surface area contributed by atoms with E-state index >= 15 is 0 Å². The normalized spacial score (nSPS) is 16.7. The van der Waals surface area contributed by atoms with Crippen molar-refractivity contribution in [3.8, 4) is 0 Å². The van der Waals surface area contributed by atoms with E-state index in [1.807, 2.05) is 16.8 Å². The predicted octanol–water partition coefficient (Wildman–Crippen LogP) is 2.84. The van der Waals surface area contributed by atoms with Crippen molar-refractivity contribution in [1.29, 1.82) is 0 Å². The van der Waals surface area contributed by atoms with Crippen LogP contribution in [0, 0.1) is 0 Å². The second kappa shape index (κ2) is 10.1. The fraction of sp³-hybridized carbons (Fsp3) is 0.526. The number of guanidine groups is 1. The van der Waals surface area contributed by atoms with E-state index in [9.17, 15) is 0 Å². The first kappa shape index (κ1) is 20.9. The van der Waals surface area contributed by atoms with Crippen molar-refractivity contribution in [3.63, 3.8) is 0 Å². The number of aryl methyl sites for hydroxylation is 1. The number of rotatable bonds is 7. The molecule has 0 amide bonds. The third kappa shape index (κ3) is 5.83. The molecule has 1 atom stereocenters. The molecule has 3 rings (SSSR count). The molecule has 9 heteroatoms. The average Bonchev–Trinajstić information content (AvgIpc) is 3.03. The second-order valence-electron chi connectivity index (χ2n) is 6.73. The van der Waals surface area contributed by atoms with Crippen LogP contribution in [0.1, 0.15) is 30.6 Å². The van der Waals surface area contributed by atoms with Gasteiger partial charge in [-0.25, -0.2) is 9.67 Å².